The molecule has 1 N–H and O–H groups in total. The van der Waals surface area contributed by atoms with E-state index in [9.17, 15) is 22.8 Å². The van der Waals surface area contributed by atoms with Crippen molar-refractivity contribution in [3.63, 3.8) is 0 Å². The highest BCUT2D eigenvalue weighted by atomic mass is 79.9. The van der Waals surface area contributed by atoms with Crippen LogP contribution in [0.5, 0.6) is 0 Å². The smallest absolute Gasteiger partial charge is 0.433 e. The lowest BCUT2D eigenvalue weighted by Gasteiger charge is -2.11. The fourth-order valence-corrected chi connectivity index (χ4v) is 6.23. The monoisotopic (exact) mass is 656 g/mol. The predicted octanol–water partition coefficient (Wildman–Crippen LogP) is 6.92. The Balaban J connectivity index is 1.58. The molecule has 4 aromatic rings. The van der Waals surface area contributed by atoms with E-state index in [1.54, 1.807) is 31.2 Å². The van der Waals surface area contributed by atoms with Crippen LogP contribution in [0.15, 0.2) is 39.3 Å². The SMILES string of the molecule is CCOC(=O)c1c(NC(=O)c2nn3c(C(F)(F)F)cc(-c4ccc(Br)cc4)nc3c2Br)sc2c1CCC2. The average Bonchev–Trinajstić information content (AvgIpc) is 3.51. The molecule has 7 nitrogen and oxygen atoms in total. The summed E-state index contributed by atoms with van der Waals surface area (Å²) in [5.74, 6) is -1.33. The minimum absolute atomic E-state index is 0.00348. The zero-order valence-electron chi connectivity index (χ0n) is 19.1. The molecule has 0 atom stereocenters. The molecule has 0 saturated heterocycles. The normalized spacial score (nSPS) is 13.1. The number of rotatable bonds is 5. The van der Waals surface area contributed by atoms with Gasteiger partial charge in [0.15, 0.2) is 17.0 Å². The van der Waals surface area contributed by atoms with Crippen LogP contribution >= 0.6 is 43.2 Å². The van der Waals surface area contributed by atoms with E-state index in [1.807, 2.05) is 0 Å². The topological polar surface area (TPSA) is 85.6 Å². The van der Waals surface area contributed by atoms with Gasteiger partial charge in [-0.15, -0.1) is 11.3 Å². The molecule has 192 valence electrons. The summed E-state index contributed by atoms with van der Waals surface area (Å²) in [4.78, 5) is 31.2. The number of thiophene rings is 1. The Hall–Kier alpha value is -2.77. The molecule has 0 saturated carbocycles. The molecule has 1 amide bonds. The zero-order chi connectivity index (χ0) is 26.5. The molecule has 0 unspecified atom stereocenters. The first-order valence-electron chi connectivity index (χ1n) is 11.1. The number of aromatic nitrogens is 3. The van der Waals surface area contributed by atoms with E-state index in [4.69, 9.17) is 4.74 Å². The van der Waals surface area contributed by atoms with Crippen molar-refractivity contribution < 1.29 is 27.5 Å². The second kappa shape index (κ2) is 9.84. The Labute approximate surface area is 229 Å². The third-order valence-corrected chi connectivity index (χ3v) is 8.27. The number of halogens is 5. The molecular weight excluding hydrogens is 641 g/mol. The molecule has 0 radical (unpaired) electrons. The van der Waals surface area contributed by atoms with Crippen molar-refractivity contribution in [1.82, 2.24) is 14.6 Å². The Morgan fingerprint density at radius 2 is 1.92 bits per heavy atom. The van der Waals surface area contributed by atoms with E-state index in [1.165, 1.54) is 11.3 Å². The quantitative estimate of drug-likeness (QED) is 0.236. The van der Waals surface area contributed by atoms with Crippen LogP contribution in [0, 0.1) is 0 Å². The minimum Gasteiger partial charge on any atom is -0.462 e. The number of carbonyl (C=O) groups excluding carboxylic acids is 2. The molecule has 0 spiro atoms. The predicted molar refractivity (Wildman–Crippen MR) is 139 cm³/mol. The second-order valence-corrected chi connectivity index (χ2v) is 11.0. The molecule has 3 heterocycles. The first kappa shape index (κ1) is 25.9. The number of aryl methyl sites for hydroxylation is 1. The number of nitrogens with one attached hydrogen (secondary N) is 1. The van der Waals surface area contributed by atoms with Crippen molar-refractivity contribution in [2.24, 2.45) is 0 Å². The highest BCUT2D eigenvalue weighted by Gasteiger charge is 2.37. The summed E-state index contributed by atoms with van der Waals surface area (Å²) in [7, 11) is 0. The molecule has 0 fully saturated rings. The van der Waals surface area contributed by atoms with Gasteiger partial charge in [-0.2, -0.15) is 18.3 Å². The Morgan fingerprint density at radius 1 is 1.19 bits per heavy atom. The Kier molecular flexibility index (Phi) is 6.88. The fraction of sp³-hybridized carbons (Fsp3) is 0.250. The number of amides is 1. The van der Waals surface area contributed by atoms with Crippen LogP contribution in [0.1, 0.15) is 50.3 Å². The van der Waals surface area contributed by atoms with E-state index in [0.29, 0.717) is 22.1 Å². The number of carbonyl (C=O) groups is 2. The lowest BCUT2D eigenvalue weighted by molar-refractivity contribution is -0.142. The van der Waals surface area contributed by atoms with Gasteiger partial charge in [0.05, 0.1) is 22.3 Å². The summed E-state index contributed by atoms with van der Waals surface area (Å²) in [5.41, 5.74) is 0.109. The summed E-state index contributed by atoms with van der Waals surface area (Å²) in [5, 5.41) is 6.91. The van der Waals surface area contributed by atoms with E-state index in [0.717, 1.165) is 33.8 Å². The van der Waals surface area contributed by atoms with Crippen molar-refractivity contribution in [1.29, 1.82) is 0 Å². The molecule has 37 heavy (non-hydrogen) atoms. The van der Waals surface area contributed by atoms with Gasteiger partial charge in [0.2, 0.25) is 0 Å². The molecule has 1 aliphatic carbocycles. The molecular formula is C24H17Br2F3N4O3S. The number of esters is 1. The fourth-order valence-electron chi connectivity index (χ4n) is 4.18. The summed E-state index contributed by atoms with van der Waals surface area (Å²) >= 11 is 7.80. The maximum atomic E-state index is 14.0. The first-order chi connectivity index (χ1) is 17.6. The second-order valence-electron chi connectivity index (χ2n) is 8.17. The van der Waals surface area contributed by atoms with Crippen LogP contribution < -0.4 is 5.32 Å². The number of alkyl halides is 3. The van der Waals surface area contributed by atoms with E-state index < -0.39 is 23.7 Å². The van der Waals surface area contributed by atoms with E-state index in [-0.39, 0.29) is 33.1 Å². The molecule has 1 aliphatic rings. The zero-order valence-corrected chi connectivity index (χ0v) is 23.1. The van der Waals surface area contributed by atoms with Crippen LogP contribution in [0.4, 0.5) is 18.2 Å². The third-order valence-electron chi connectivity index (χ3n) is 5.81. The average molecular weight is 658 g/mol. The van der Waals surface area contributed by atoms with Gasteiger partial charge >= 0.3 is 12.1 Å². The van der Waals surface area contributed by atoms with Crippen LogP contribution in [-0.2, 0) is 23.8 Å². The molecule has 0 bridgehead atoms. The van der Waals surface area contributed by atoms with Crippen molar-refractivity contribution in [2.45, 2.75) is 32.4 Å². The number of hydrogen-bond acceptors (Lipinski definition) is 6. The molecule has 13 heteroatoms. The molecule has 0 aliphatic heterocycles. The number of fused-ring (bicyclic) bond motifs is 2. The highest BCUT2D eigenvalue weighted by molar-refractivity contribution is 9.11. The molecule has 3 aromatic heterocycles. The minimum atomic E-state index is -4.77. The number of nitrogens with zero attached hydrogens (tertiary/aromatic N) is 3. The standard InChI is InChI=1S/C24H17Br2F3N4O3S/c1-2-36-23(35)17-13-4-3-5-15(13)37-22(17)31-21(34)19-18(26)20-30-14(11-6-8-12(25)9-7-11)10-16(24(27,28)29)33(20)32-19/h6-10H,2-5H2,1H3,(H,31,34). The lowest BCUT2D eigenvalue weighted by atomic mass is 10.1. The summed E-state index contributed by atoms with van der Waals surface area (Å²) in [6.45, 7) is 1.85. The number of benzene rings is 1. The number of ether oxygens (including phenoxy) is 1. The summed E-state index contributed by atoms with van der Waals surface area (Å²) < 4.78 is 48.6. The van der Waals surface area contributed by atoms with Gasteiger partial charge in [-0.3, -0.25) is 4.79 Å². The van der Waals surface area contributed by atoms with Crippen molar-refractivity contribution >= 4 is 65.7 Å². The summed E-state index contributed by atoms with van der Waals surface area (Å²) in [6.07, 6.45) is -2.41. The maximum Gasteiger partial charge on any atom is 0.433 e. The Morgan fingerprint density at radius 3 is 2.59 bits per heavy atom. The molecule has 1 aromatic carbocycles. The van der Waals surface area contributed by atoms with Gasteiger partial charge < -0.3 is 10.1 Å². The van der Waals surface area contributed by atoms with Gasteiger partial charge in [-0.25, -0.2) is 14.3 Å². The number of hydrogen-bond donors (Lipinski definition) is 1. The van der Waals surface area contributed by atoms with Crippen molar-refractivity contribution in [3.8, 4) is 11.3 Å². The molecule has 5 rings (SSSR count). The van der Waals surface area contributed by atoms with Crippen LogP contribution in [-0.4, -0.2) is 33.1 Å². The Bertz CT molecular complexity index is 1550. The first-order valence-corrected chi connectivity index (χ1v) is 13.5. The van der Waals surface area contributed by atoms with Gasteiger partial charge in [0.1, 0.15) is 5.00 Å². The van der Waals surface area contributed by atoms with Gasteiger partial charge in [0, 0.05) is 14.9 Å². The van der Waals surface area contributed by atoms with Crippen LogP contribution in [0.3, 0.4) is 0 Å². The third kappa shape index (κ3) is 4.79. The highest BCUT2D eigenvalue weighted by Crippen LogP contribution is 2.40. The van der Waals surface area contributed by atoms with E-state index >= 15 is 0 Å². The number of anilines is 1. The van der Waals surface area contributed by atoms with Crippen molar-refractivity contribution in [2.75, 3.05) is 11.9 Å². The van der Waals surface area contributed by atoms with Gasteiger partial charge in [0.25, 0.3) is 5.91 Å². The largest absolute Gasteiger partial charge is 0.462 e. The lowest BCUT2D eigenvalue weighted by Crippen LogP contribution is -2.17. The van der Waals surface area contributed by atoms with Gasteiger partial charge in [-0.1, -0.05) is 28.1 Å². The van der Waals surface area contributed by atoms with E-state index in [2.05, 4.69) is 47.3 Å². The summed E-state index contributed by atoms with van der Waals surface area (Å²) in [6, 6.07) is 7.54. The van der Waals surface area contributed by atoms with Crippen molar-refractivity contribution in [3.05, 3.63) is 66.7 Å². The van der Waals surface area contributed by atoms with Gasteiger partial charge in [-0.05, 0) is 65.9 Å². The maximum absolute atomic E-state index is 14.0. The van der Waals surface area contributed by atoms with Crippen LogP contribution in [0.25, 0.3) is 16.9 Å². The van der Waals surface area contributed by atoms with Crippen LogP contribution in [0.2, 0.25) is 0 Å².